The van der Waals surface area contributed by atoms with Crippen molar-refractivity contribution < 1.29 is 38.4 Å². The summed E-state index contributed by atoms with van der Waals surface area (Å²) in [6.45, 7) is -0.146. The molecular weight excluding hydrogens is 502 g/mol. The maximum Gasteiger partial charge on any atom is 0.252 e. The molecule has 0 radical (unpaired) electrons. The number of carbonyl (C=O) groups is 1. The number of nitrogens with zero attached hydrogens (tertiary/aromatic N) is 2. The van der Waals surface area contributed by atoms with E-state index in [1.54, 1.807) is 4.90 Å². The maximum absolute atomic E-state index is 13.9. The van der Waals surface area contributed by atoms with Crippen LogP contribution in [0.5, 0.6) is 0 Å². The summed E-state index contributed by atoms with van der Waals surface area (Å²) in [6, 6.07) is 12.0. The zero-order valence-electron chi connectivity index (χ0n) is 20.1. The molecule has 200 valence electrons. The highest BCUT2D eigenvalue weighted by Crippen LogP contribution is 2.32. The summed E-state index contributed by atoms with van der Waals surface area (Å²) in [7, 11) is 0. The van der Waals surface area contributed by atoms with E-state index in [0.717, 1.165) is 11.6 Å². The van der Waals surface area contributed by atoms with Crippen LogP contribution in [0.1, 0.15) is 11.1 Å². The zero-order valence-corrected chi connectivity index (χ0v) is 20.1. The Bertz CT molecular complexity index is 1300. The molecule has 1 fully saturated rings. The smallest absolute Gasteiger partial charge is 0.252 e. The standard InChI is InChI=1S/C26H26F2N4O6/c27-17-7-6-16(19(28)9-17)10-29-25(35)18-11-32-22(24(34)23(18)33)26(36)31(13-30-32)20(21-12-37-14-38-21)8-15-4-2-1-3-5-15/h1-7,9,11-12,20,23,26,30,33-34,36H,8,10,13-14H2,(H,29,35). The molecule has 0 saturated carbocycles. The van der Waals surface area contributed by atoms with Crippen LogP contribution in [0.4, 0.5) is 8.78 Å². The number of halogens is 2. The number of benzene rings is 2. The van der Waals surface area contributed by atoms with Crippen molar-refractivity contribution in [3.8, 4) is 0 Å². The fraction of sp³-hybridized carbons (Fsp3) is 0.269. The molecular formula is C26H26F2N4O6. The van der Waals surface area contributed by atoms with Crippen LogP contribution in [0, 0.1) is 11.6 Å². The number of fused-ring (bicyclic) bond motifs is 1. The van der Waals surface area contributed by atoms with Gasteiger partial charge in [-0.1, -0.05) is 36.4 Å². The minimum atomic E-state index is -1.76. The van der Waals surface area contributed by atoms with E-state index >= 15 is 0 Å². The summed E-state index contributed by atoms with van der Waals surface area (Å²) >= 11 is 0. The summed E-state index contributed by atoms with van der Waals surface area (Å²) in [6.07, 6.45) is 0.0298. The second kappa shape index (κ2) is 10.8. The highest BCUT2D eigenvalue weighted by Gasteiger charge is 2.43. The highest BCUT2D eigenvalue weighted by molar-refractivity contribution is 5.95. The van der Waals surface area contributed by atoms with Crippen molar-refractivity contribution >= 4 is 5.91 Å². The zero-order chi connectivity index (χ0) is 26.8. The van der Waals surface area contributed by atoms with Gasteiger partial charge in [0.1, 0.15) is 29.7 Å². The topological polar surface area (TPSA) is 127 Å². The number of nitrogens with one attached hydrogen (secondary N) is 2. The second-order valence-electron chi connectivity index (χ2n) is 8.90. The van der Waals surface area contributed by atoms with Crippen molar-refractivity contribution in [3.63, 3.8) is 0 Å². The Balaban J connectivity index is 1.34. The molecule has 0 spiro atoms. The largest absolute Gasteiger partial charge is 0.507 e. The van der Waals surface area contributed by atoms with Gasteiger partial charge in [-0.3, -0.25) is 9.80 Å². The number of aliphatic hydroxyl groups excluding tert-OH is 3. The quantitative estimate of drug-likeness (QED) is 0.363. The number of rotatable bonds is 7. The predicted octanol–water partition coefficient (Wildman–Crippen LogP) is 1.46. The van der Waals surface area contributed by atoms with Gasteiger partial charge < -0.3 is 30.1 Å². The average Bonchev–Trinajstić information content (AvgIpc) is 3.44. The summed E-state index contributed by atoms with van der Waals surface area (Å²) in [5, 5.41) is 36.6. The van der Waals surface area contributed by atoms with E-state index in [0.29, 0.717) is 18.2 Å². The van der Waals surface area contributed by atoms with Crippen LogP contribution in [-0.4, -0.2) is 63.0 Å². The van der Waals surface area contributed by atoms with Crippen molar-refractivity contribution in [2.75, 3.05) is 13.5 Å². The first kappa shape index (κ1) is 25.7. The molecule has 0 aliphatic carbocycles. The molecule has 3 unspecified atom stereocenters. The van der Waals surface area contributed by atoms with Gasteiger partial charge in [-0.05, 0) is 18.1 Å². The molecule has 3 atom stereocenters. The van der Waals surface area contributed by atoms with Gasteiger partial charge in [-0.2, -0.15) is 0 Å². The molecule has 5 rings (SSSR count). The molecule has 1 saturated heterocycles. The van der Waals surface area contributed by atoms with Gasteiger partial charge in [0.2, 0.25) is 6.79 Å². The molecule has 2 aromatic rings. The van der Waals surface area contributed by atoms with Crippen LogP contribution >= 0.6 is 0 Å². The number of hydrogen-bond acceptors (Lipinski definition) is 9. The van der Waals surface area contributed by atoms with Crippen molar-refractivity contribution in [1.82, 2.24) is 20.7 Å². The molecule has 38 heavy (non-hydrogen) atoms. The lowest BCUT2D eigenvalue weighted by atomic mass is 9.99. The summed E-state index contributed by atoms with van der Waals surface area (Å²) < 4.78 is 37.9. The van der Waals surface area contributed by atoms with E-state index in [-0.39, 0.29) is 36.8 Å². The van der Waals surface area contributed by atoms with Gasteiger partial charge in [-0.15, -0.1) is 0 Å². The number of hydrogen-bond donors (Lipinski definition) is 5. The first-order valence-electron chi connectivity index (χ1n) is 11.8. The number of ether oxygens (including phenoxy) is 2. The molecule has 12 heteroatoms. The third kappa shape index (κ3) is 5.07. The number of carbonyl (C=O) groups excluding carboxylic acids is 1. The van der Waals surface area contributed by atoms with Gasteiger partial charge in [0.05, 0.1) is 18.3 Å². The monoisotopic (exact) mass is 528 g/mol. The summed E-state index contributed by atoms with van der Waals surface area (Å²) in [5.41, 5.74) is 3.72. The first-order valence-corrected chi connectivity index (χ1v) is 11.8. The summed E-state index contributed by atoms with van der Waals surface area (Å²) in [4.78, 5) is 14.4. The minimum Gasteiger partial charge on any atom is -0.507 e. The Hall–Kier alpha value is -3.97. The number of amides is 1. The van der Waals surface area contributed by atoms with Gasteiger partial charge in [0, 0.05) is 24.4 Å². The fourth-order valence-electron chi connectivity index (χ4n) is 4.53. The molecule has 0 aromatic heterocycles. The van der Waals surface area contributed by atoms with E-state index in [1.165, 1.54) is 23.5 Å². The lowest BCUT2D eigenvalue weighted by Gasteiger charge is -2.46. The van der Waals surface area contributed by atoms with Crippen molar-refractivity contribution in [2.45, 2.75) is 31.3 Å². The van der Waals surface area contributed by atoms with E-state index in [1.807, 2.05) is 30.3 Å². The van der Waals surface area contributed by atoms with Crippen LogP contribution in [0.15, 0.2) is 83.8 Å². The average molecular weight is 529 g/mol. The van der Waals surface area contributed by atoms with Crippen molar-refractivity contribution in [2.24, 2.45) is 0 Å². The van der Waals surface area contributed by atoms with E-state index in [4.69, 9.17) is 9.47 Å². The minimum absolute atomic E-state index is 0.0415. The van der Waals surface area contributed by atoms with E-state index in [9.17, 15) is 28.9 Å². The Morgan fingerprint density at radius 1 is 1.18 bits per heavy atom. The third-order valence-corrected chi connectivity index (χ3v) is 6.54. The predicted molar refractivity (Wildman–Crippen MR) is 129 cm³/mol. The number of aliphatic hydroxyl groups is 3. The van der Waals surface area contributed by atoms with Crippen LogP contribution in [-0.2, 0) is 27.2 Å². The maximum atomic E-state index is 13.9. The Labute approximate surface area is 216 Å². The lowest BCUT2D eigenvalue weighted by Crippen LogP contribution is -2.61. The molecule has 2 aromatic carbocycles. The molecule has 3 heterocycles. The molecule has 3 aliphatic rings. The lowest BCUT2D eigenvalue weighted by molar-refractivity contribution is -0.119. The summed E-state index contributed by atoms with van der Waals surface area (Å²) in [5.74, 6) is -2.50. The Morgan fingerprint density at radius 2 is 1.97 bits per heavy atom. The molecule has 3 aliphatic heterocycles. The normalized spacial score (nSPS) is 22.2. The van der Waals surface area contributed by atoms with Crippen molar-refractivity contribution in [1.29, 1.82) is 0 Å². The Morgan fingerprint density at radius 3 is 2.68 bits per heavy atom. The van der Waals surface area contributed by atoms with Crippen molar-refractivity contribution in [3.05, 3.63) is 107 Å². The van der Waals surface area contributed by atoms with E-state index in [2.05, 4.69) is 10.7 Å². The molecule has 1 amide bonds. The van der Waals surface area contributed by atoms with Crippen LogP contribution in [0.3, 0.4) is 0 Å². The highest BCUT2D eigenvalue weighted by atomic mass is 19.1. The van der Waals surface area contributed by atoms with Gasteiger partial charge >= 0.3 is 0 Å². The van der Waals surface area contributed by atoms with Crippen LogP contribution in [0.2, 0.25) is 0 Å². The van der Waals surface area contributed by atoms with Crippen LogP contribution < -0.4 is 10.7 Å². The Kier molecular flexibility index (Phi) is 7.29. The molecule has 10 nitrogen and oxygen atoms in total. The number of hydrazine groups is 1. The molecule has 0 bridgehead atoms. The fourth-order valence-corrected chi connectivity index (χ4v) is 4.53. The van der Waals surface area contributed by atoms with Gasteiger partial charge in [-0.25, -0.2) is 19.1 Å². The van der Waals surface area contributed by atoms with Gasteiger partial charge in [0.15, 0.2) is 17.7 Å². The SMILES string of the molecule is O=C(NCc1ccc(F)cc1F)C1=CN2NCN(C(Cc3ccccc3)C3=COCO3)C(O)C2=C(O)C1O. The van der Waals surface area contributed by atoms with Gasteiger partial charge in [0.25, 0.3) is 5.91 Å². The second-order valence-corrected chi connectivity index (χ2v) is 8.90. The van der Waals surface area contributed by atoms with Crippen LogP contribution in [0.25, 0.3) is 0 Å². The first-order chi connectivity index (χ1) is 18.3. The molecule has 5 N–H and O–H groups in total. The van der Waals surface area contributed by atoms with E-state index < -0.39 is 41.7 Å². The third-order valence-electron chi connectivity index (χ3n) is 6.54.